The molecule has 11 heteroatoms. The molecule has 1 aromatic heterocycles. The number of likely N-dealkylation sites (tertiary alicyclic amines) is 1. The van der Waals surface area contributed by atoms with Gasteiger partial charge < -0.3 is 20.4 Å². The van der Waals surface area contributed by atoms with Gasteiger partial charge in [0.1, 0.15) is 11.9 Å². The van der Waals surface area contributed by atoms with E-state index >= 15 is 4.39 Å². The van der Waals surface area contributed by atoms with Gasteiger partial charge in [-0.05, 0) is 50.5 Å². The molecule has 210 valence electrons. The van der Waals surface area contributed by atoms with Crippen molar-refractivity contribution in [1.82, 2.24) is 14.9 Å². The SMILES string of the molecule is CCN(CC1CCC(C(F)(F)F)CC1)c1ncnc(NC[C@@]2(O)CCN(Cc3ccccc3)C[C@@H]2O)c1F. The lowest BCUT2D eigenvalue weighted by molar-refractivity contribution is -0.183. The highest BCUT2D eigenvalue weighted by molar-refractivity contribution is 5.51. The molecule has 2 aromatic rings. The summed E-state index contributed by atoms with van der Waals surface area (Å²) in [5, 5.41) is 24.7. The average molecular weight is 540 g/mol. The standard InChI is InChI=1S/C27H37F4N5O2/c1-2-36(15-20-8-10-21(11-9-20)27(29,30)31)25-23(28)24(33-18-34-25)32-17-26(38)12-13-35(16-22(26)37)14-19-6-4-3-5-7-19/h3-7,18,20-22,37-38H,2,8-17H2,1H3,(H,32,33,34)/t20?,21?,22-,26-/m0/s1. The second kappa shape index (κ2) is 12.1. The van der Waals surface area contributed by atoms with Gasteiger partial charge in [-0.15, -0.1) is 0 Å². The quantitative estimate of drug-likeness (QED) is 0.412. The van der Waals surface area contributed by atoms with Crippen LogP contribution in [0.4, 0.5) is 29.2 Å². The normalized spacial score (nSPS) is 26.8. The zero-order valence-corrected chi connectivity index (χ0v) is 21.7. The summed E-state index contributed by atoms with van der Waals surface area (Å²) in [5.41, 5.74) is -0.334. The Morgan fingerprint density at radius 3 is 2.47 bits per heavy atom. The largest absolute Gasteiger partial charge is 0.391 e. The van der Waals surface area contributed by atoms with E-state index in [1.165, 1.54) is 6.33 Å². The Hall–Kier alpha value is -2.50. The molecule has 1 aliphatic carbocycles. The number of β-amino-alcohol motifs (C(OH)–C–C–N with tert-alkyl or cyclic N) is 1. The Morgan fingerprint density at radius 2 is 1.84 bits per heavy atom. The third-order valence-electron chi connectivity index (χ3n) is 7.96. The van der Waals surface area contributed by atoms with E-state index in [2.05, 4.69) is 20.2 Å². The first-order chi connectivity index (χ1) is 18.1. The third kappa shape index (κ3) is 6.92. The van der Waals surface area contributed by atoms with Crippen molar-refractivity contribution >= 4 is 11.6 Å². The fraction of sp³-hybridized carbons (Fsp3) is 0.630. The predicted molar refractivity (Wildman–Crippen MR) is 137 cm³/mol. The number of aliphatic hydroxyl groups is 2. The lowest BCUT2D eigenvalue weighted by Gasteiger charge is -2.42. The summed E-state index contributed by atoms with van der Waals surface area (Å²) >= 11 is 0. The molecule has 3 N–H and O–H groups in total. The van der Waals surface area contributed by atoms with Crippen LogP contribution in [0, 0.1) is 17.7 Å². The van der Waals surface area contributed by atoms with Crippen molar-refractivity contribution in [3.8, 4) is 0 Å². The second-order valence-corrected chi connectivity index (χ2v) is 10.6. The van der Waals surface area contributed by atoms with Gasteiger partial charge in [-0.1, -0.05) is 30.3 Å². The minimum absolute atomic E-state index is 0.0243. The molecule has 0 bridgehead atoms. The van der Waals surface area contributed by atoms with E-state index < -0.39 is 29.6 Å². The topological polar surface area (TPSA) is 84.8 Å². The molecule has 7 nitrogen and oxygen atoms in total. The Bertz CT molecular complexity index is 1040. The molecule has 2 aliphatic rings. The van der Waals surface area contributed by atoms with Gasteiger partial charge in [-0.2, -0.15) is 17.6 Å². The summed E-state index contributed by atoms with van der Waals surface area (Å²) in [4.78, 5) is 11.9. The van der Waals surface area contributed by atoms with Crippen molar-refractivity contribution in [2.75, 3.05) is 42.9 Å². The van der Waals surface area contributed by atoms with Crippen molar-refractivity contribution in [3.63, 3.8) is 0 Å². The highest BCUT2D eigenvalue weighted by atomic mass is 19.4. The first kappa shape index (κ1) is 28.5. The van der Waals surface area contributed by atoms with Crippen molar-refractivity contribution in [2.45, 2.75) is 63.5 Å². The minimum atomic E-state index is -4.16. The summed E-state index contributed by atoms with van der Waals surface area (Å²) in [6.45, 7) is 4.12. The molecule has 0 radical (unpaired) electrons. The number of rotatable bonds is 9. The van der Waals surface area contributed by atoms with Crippen molar-refractivity contribution < 1.29 is 27.8 Å². The molecule has 0 amide bonds. The number of halogens is 4. The molecular weight excluding hydrogens is 502 g/mol. The molecule has 0 spiro atoms. The van der Waals surface area contributed by atoms with Gasteiger partial charge in [-0.3, -0.25) is 4.90 Å². The number of piperidine rings is 1. The number of benzene rings is 1. The van der Waals surface area contributed by atoms with E-state index in [1.54, 1.807) is 4.90 Å². The molecule has 2 heterocycles. The molecular formula is C27H37F4N5O2. The van der Waals surface area contributed by atoms with Crippen LogP contribution in [0.25, 0.3) is 0 Å². The minimum Gasteiger partial charge on any atom is -0.389 e. The Kier molecular flexibility index (Phi) is 9.10. The highest BCUT2D eigenvalue weighted by Gasteiger charge is 2.42. The van der Waals surface area contributed by atoms with Crippen LogP contribution in [-0.4, -0.2) is 75.7 Å². The van der Waals surface area contributed by atoms with E-state index in [0.717, 1.165) is 5.56 Å². The first-order valence-electron chi connectivity index (χ1n) is 13.3. The molecule has 38 heavy (non-hydrogen) atoms. The molecule has 4 rings (SSSR count). The van der Waals surface area contributed by atoms with E-state index in [-0.39, 0.29) is 43.5 Å². The fourth-order valence-corrected chi connectivity index (χ4v) is 5.51. The zero-order valence-electron chi connectivity index (χ0n) is 21.7. The van der Waals surface area contributed by atoms with Crippen LogP contribution in [0.1, 0.15) is 44.6 Å². The summed E-state index contributed by atoms with van der Waals surface area (Å²) < 4.78 is 54.4. The maximum Gasteiger partial charge on any atom is 0.391 e. The smallest absolute Gasteiger partial charge is 0.389 e. The van der Waals surface area contributed by atoms with Crippen LogP contribution in [0.3, 0.4) is 0 Å². The van der Waals surface area contributed by atoms with E-state index in [0.29, 0.717) is 45.4 Å². The Balaban J connectivity index is 1.34. The van der Waals surface area contributed by atoms with Crippen LogP contribution in [0.15, 0.2) is 36.7 Å². The van der Waals surface area contributed by atoms with Gasteiger partial charge >= 0.3 is 6.18 Å². The third-order valence-corrected chi connectivity index (χ3v) is 7.96. The van der Waals surface area contributed by atoms with Gasteiger partial charge in [0, 0.05) is 39.3 Å². The molecule has 2 fully saturated rings. The summed E-state index contributed by atoms with van der Waals surface area (Å²) in [5.74, 6) is -1.92. The van der Waals surface area contributed by atoms with E-state index in [4.69, 9.17) is 0 Å². The highest BCUT2D eigenvalue weighted by Crippen LogP contribution is 2.40. The van der Waals surface area contributed by atoms with Crippen LogP contribution in [0.2, 0.25) is 0 Å². The molecule has 1 aromatic carbocycles. The molecule has 1 saturated carbocycles. The Labute approximate surface area is 220 Å². The van der Waals surface area contributed by atoms with E-state index in [9.17, 15) is 23.4 Å². The van der Waals surface area contributed by atoms with Crippen LogP contribution >= 0.6 is 0 Å². The number of nitrogens with one attached hydrogen (secondary N) is 1. The number of hydrogen-bond donors (Lipinski definition) is 3. The van der Waals surface area contributed by atoms with Gasteiger partial charge in [0.15, 0.2) is 11.6 Å². The van der Waals surface area contributed by atoms with Crippen molar-refractivity contribution in [1.29, 1.82) is 0 Å². The summed E-state index contributed by atoms with van der Waals surface area (Å²) in [6.07, 6.45) is -2.61. The van der Waals surface area contributed by atoms with Gasteiger partial charge in [0.25, 0.3) is 0 Å². The summed E-state index contributed by atoms with van der Waals surface area (Å²) in [7, 11) is 0. The van der Waals surface area contributed by atoms with Crippen LogP contribution < -0.4 is 10.2 Å². The zero-order chi connectivity index (χ0) is 27.3. The maximum atomic E-state index is 15.4. The van der Waals surface area contributed by atoms with Crippen LogP contribution in [0.5, 0.6) is 0 Å². The van der Waals surface area contributed by atoms with Gasteiger partial charge in [0.2, 0.25) is 5.82 Å². The number of aromatic nitrogens is 2. The lowest BCUT2D eigenvalue weighted by Crippen LogP contribution is -2.58. The number of alkyl halides is 3. The predicted octanol–water partition coefficient (Wildman–Crippen LogP) is 4.22. The molecule has 2 atom stereocenters. The monoisotopic (exact) mass is 539 g/mol. The number of nitrogens with zero attached hydrogens (tertiary/aromatic N) is 4. The summed E-state index contributed by atoms with van der Waals surface area (Å²) in [6, 6.07) is 9.88. The Morgan fingerprint density at radius 1 is 1.13 bits per heavy atom. The first-order valence-corrected chi connectivity index (χ1v) is 13.3. The van der Waals surface area contributed by atoms with E-state index in [1.807, 2.05) is 37.3 Å². The fourth-order valence-electron chi connectivity index (χ4n) is 5.51. The number of aliphatic hydroxyl groups excluding tert-OH is 1. The second-order valence-electron chi connectivity index (χ2n) is 10.6. The van der Waals surface area contributed by atoms with Crippen molar-refractivity contribution in [2.24, 2.45) is 11.8 Å². The van der Waals surface area contributed by atoms with Gasteiger partial charge in [0.05, 0.1) is 12.0 Å². The molecule has 1 saturated heterocycles. The van der Waals surface area contributed by atoms with Crippen LogP contribution in [-0.2, 0) is 6.54 Å². The lowest BCUT2D eigenvalue weighted by atomic mass is 9.81. The molecule has 1 aliphatic heterocycles. The van der Waals surface area contributed by atoms with Crippen molar-refractivity contribution in [3.05, 3.63) is 48.0 Å². The molecule has 0 unspecified atom stereocenters. The average Bonchev–Trinajstić information content (AvgIpc) is 2.90. The van der Waals surface area contributed by atoms with Gasteiger partial charge in [-0.25, -0.2) is 9.97 Å². The number of anilines is 2. The number of hydrogen-bond acceptors (Lipinski definition) is 7. The maximum absolute atomic E-state index is 15.4.